The topological polar surface area (TPSA) is 0 Å². The third kappa shape index (κ3) is 2.54. The van der Waals surface area contributed by atoms with Crippen LogP contribution in [0.25, 0.3) is 0 Å². The van der Waals surface area contributed by atoms with Crippen molar-refractivity contribution in [2.45, 2.75) is 26.2 Å². The molecule has 0 aromatic rings. The summed E-state index contributed by atoms with van der Waals surface area (Å²) >= 11 is 0. The molecule has 0 spiro atoms. The fourth-order valence-electron chi connectivity index (χ4n) is 0.821. The molecule has 0 bridgehead atoms. The van der Waals surface area contributed by atoms with Crippen LogP contribution in [0, 0.1) is 11.8 Å². The molecule has 1 saturated carbocycles. The summed E-state index contributed by atoms with van der Waals surface area (Å²) in [6.07, 6.45) is 0.0324. The molecule has 1 rings (SSSR count). The van der Waals surface area contributed by atoms with E-state index in [4.69, 9.17) is 0 Å². The molecule has 1 aliphatic rings. The number of rotatable bonds is 1. The SMILES string of the molecule is CC(C)[C-]1CC1(F)F.[K+]. The minimum absolute atomic E-state index is 0. The van der Waals surface area contributed by atoms with Crippen LogP contribution in [-0.2, 0) is 0 Å². The Morgan fingerprint density at radius 1 is 1.44 bits per heavy atom. The van der Waals surface area contributed by atoms with E-state index in [2.05, 4.69) is 0 Å². The van der Waals surface area contributed by atoms with Crippen LogP contribution >= 0.6 is 0 Å². The zero-order chi connectivity index (χ0) is 6.36. The zero-order valence-corrected chi connectivity index (χ0v) is 9.16. The van der Waals surface area contributed by atoms with Gasteiger partial charge in [-0.15, -0.1) is 6.42 Å². The van der Waals surface area contributed by atoms with Gasteiger partial charge in [-0.25, -0.2) is 14.7 Å². The Bertz CT molecular complexity index is 101. The summed E-state index contributed by atoms with van der Waals surface area (Å²) in [6.45, 7) is 3.60. The number of hydrogen-bond acceptors (Lipinski definition) is 0. The minimum atomic E-state index is -2.39. The molecule has 0 saturated heterocycles. The van der Waals surface area contributed by atoms with Gasteiger partial charge in [-0.3, -0.25) is 0 Å². The van der Waals surface area contributed by atoms with Crippen LogP contribution in [0.1, 0.15) is 20.3 Å². The third-order valence-corrected chi connectivity index (χ3v) is 1.45. The monoisotopic (exact) mass is 158 g/mol. The van der Waals surface area contributed by atoms with Crippen LogP contribution in [0.3, 0.4) is 0 Å². The summed E-state index contributed by atoms with van der Waals surface area (Å²) in [4.78, 5) is 0. The average Bonchev–Trinajstić information content (AvgIpc) is 2.13. The van der Waals surface area contributed by atoms with Crippen molar-refractivity contribution in [3.63, 3.8) is 0 Å². The zero-order valence-electron chi connectivity index (χ0n) is 6.04. The first-order valence-electron chi connectivity index (χ1n) is 2.78. The van der Waals surface area contributed by atoms with Crippen LogP contribution in [-0.4, -0.2) is 5.92 Å². The van der Waals surface area contributed by atoms with E-state index in [1.54, 1.807) is 13.8 Å². The molecule has 0 heterocycles. The first-order chi connectivity index (χ1) is 3.54. The quantitative estimate of drug-likeness (QED) is 0.348. The number of alkyl halides is 2. The van der Waals surface area contributed by atoms with Crippen molar-refractivity contribution in [2.24, 2.45) is 5.92 Å². The van der Waals surface area contributed by atoms with Gasteiger partial charge in [-0.2, -0.15) is 5.92 Å². The molecule has 48 valence electrons. The molecule has 0 unspecified atom stereocenters. The third-order valence-electron chi connectivity index (χ3n) is 1.45. The first-order valence-corrected chi connectivity index (χ1v) is 2.78. The Labute approximate surface area is 96.8 Å². The van der Waals surface area contributed by atoms with Crippen LogP contribution in [0.5, 0.6) is 0 Å². The normalized spacial score (nSPS) is 23.7. The predicted molar refractivity (Wildman–Crippen MR) is 27.6 cm³/mol. The summed E-state index contributed by atoms with van der Waals surface area (Å²) in [7, 11) is 0. The van der Waals surface area contributed by atoms with Crippen molar-refractivity contribution in [1.82, 2.24) is 0 Å². The maximum atomic E-state index is 12.0. The number of hydrogen-bond donors (Lipinski definition) is 0. The smallest absolute Gasteiger partial charge is 0.247 e. The molecule has 0 aromatic heterocycles. The van der Waals surface area contributed by atoms with Gasteiger partial charge < -0.3 is 0 Å². The number of halogens is 2. The van der Waals surface area contributed by atoms with E-state index >= 15 is 0 Å². The van der Waals surface area contributed by atoms with Gasteiger partial charge >= 0.3 is 51.4 Å². The molecule has 0 aromatic carbocycles. The summed E-state index contributed by atoms with van der Waals surface area (Å²) in [6, 6.07) is 0. The van der Waals surface area contributed by atoms with Crippen molar-refractivity contribution in [1.29, 1.82) is 0 Å². The van der Waals surface area contributed by atoms with Crippen molar-refractivity contribution >= 4 is 0 Å². The molecular formula is C6H9F2K. The van der Waals surface area contributed by atoms with Crippen molar-refractivity contribution < 1.29 is 60.2 Å². The molecule has 0 nitrogen and oxygen atoms in total. The fraction of sp³-hybridized carbons (Fsp3) is 0.833. The maximum Gasteiger partial charge on any atom is 1.00 e. The van der Waals surface area contributed by atoms with Gasteiger partial charge in [0.25, 0.3) is 0 Å². The van der Waals surface area contributed by atoms with Gasteiger partial charge in [0.1, 0.15) is 5.92 Å². The predicted octanol–water partition coefficient (Wildman–Crippen LogP) is -0.740. The van der Waals surface area contributed by atoms with Gasteiger partial charge in [-0.05, 0) is 0 Å². The first kappa shape index (κ1) is 10.5. The van der Waals surface area contributed by atoms with Crippen molar-refractivity contribution in [3.8, 4) is 0 Å². The fourth-order valence-corrected chi connectivity index (χ4v) is 0.821. The van der Waals surface area contributed by atoms with E-state index in [0.717, 1.165) is 0 Å². The van der Waals surface area contributed by atoms with E-state index in [1.165, 1.54) is 0 Å². The molecule has 1 fully saturated rings. The van der Waals surface area contributed by atoms with Crippen molar-refractivity contribution in [3.05, 3.63) is 5.92 Å². The maximum absolute atomic E-state index is 12.0. The Kier molecular flexibility index (Phi) is 3.80. The molecule has 3 heteroatoms. The van der Waals surface area contributed by atoms with E-state index in [0.29, 0.717) is 5.92 Å². The minimum Gasteiger partial charge on any atom is -0.247 e. The van der Waals surface area contributed by atoms with E-state index in [1.807, 2.05) is 0 Å². The standard InChI is InChI=1S/C6H9F2.K/c1-4(2)5-3-6(5,7)8;/h4H,3H2,1-2H3;/q-1;+1. The summed E-state index contributed by atoms with van der Waals surface area (Å²) < 4.78 is 24.0. The molecule has 0 atom stereocenters. The molecule has 0 N–H and O–H groups in total. The van der Waals surface area contributed by atoms with Gasteiger partial charge in [0.2, 0.25) is 0 Å². The molecular weight excluding hydrogens is 149 g/mol. The molecule has 1 aliphatic carbocycles. The van der Waals surface area contributed by atoms with Gasteiger partial charge in [-0.1, -0.05) is 13.8 Å². The van der Waals surface area contributed by atoms with Gasteiger partial charge in [0.15, 0.2) is 0 Å². The van der Waals surface area contributed by atoms with Gasteiger partial charge in [0, 0.05) is 0 Å². The van der Waals surface area contributed by atoms with Crippen LogP contribution in [0.15, 0.2) is 0 Å². The Hall–Kier alpha value is 1.50. The Balaban J connectivity index is 0.000000640. The Morgan fingerprint density at radius 3 is 1.78 bits per heavy atom. The molecule has 0 radical (unpaired) electrons. The second kappa shape index (κ2) is 3.26. The van der Waals surface area contributed by atoms with E-state index < -0.39 is 5.92 Å². The summed E-state index contributed by atoms with van der Waals surface area (Å²) in [5.74, 6) is -1.91. The Morgan fingerprint density at radius 2 is 1.78 bits per heavy atom. The molecule has 9 heavy (non-hydrogen) atoms. The average molecular weight is 158 g/mol. The largest absolute Gasteiger partial charge is 1.00 e. The van der Waals surface area contributed by atoms with Crippen molar-refractivity contribution in [2.75, 3.05) is 0 Å². The molecule has 0 aliphatic heterocycles. The second-order valence-electron chi connectivity index (χ2n) is 2.56. The summed E-state index contributed by atoms with van der Waals surface area (Å²) in [5.41, 5.74) is 0. The van der Waals surface area contributed by atoms with Crippen LogP contribution < -0.4 is 51.4 Å². The second-order valence-corrected chi connectivity index (χ2v) is 2.56. The van der Waals surface area contributed by atoms with E-state index in [9.17, 15) is 8.78 Å². The van der Waals surface area contributed by atoms with Gasteiger partial charge in [0.05, 0.1) is 0 Å². The summed E-state index contributed by atoms with van der Waals surface area (Å²) in [5, 5.41) is 0. The van der Waals surface area contributed by atoms with E-state index in [-0.39, 0.29) is 63.7 Å². The molecule has 0 amide bonds. The van der Waals surface area contributed by atoms with Crippen LogP contribution in [0.4, 0.5) is 8.78 Å². The van der Waals surface area contributed by atoms with Crippen LogP contribution in [0.2, 0.25) is 0 Å².